The summed E-state index contributed by atoms with van der Waals surface area (Å²) in [5, 5.41) is 0. The molecule has 0 heterocycles. The van der Waals surface area contributed by atoms with E-state index in [0.717, 1.165) is 31.2 Å². The van der Waals surface area contributed by atoms with Gasteiger partial charge in [0.25, 0.3) is 0 Å². The summed E-state index contributed by atoms with van der Waals surface area (Å²) in [7, 11) is 3.10. The van der Waals surface area contributed by atoms with Gasteiger partial charge < -0.3 is 15.2 Å². The van der Waals surface area contributed by atoms with E-state index in [1.54, 1.807) is 13.2 Å². The standard InChI is InChI=1S/C14H20FNO2/c1-17-12-8-10(15)7-11(13(12)18-2)14(9-16)5-3-4-6-14/h7-8H,3-6,9,16H2,1-2H3. The Kier molecular flexibility index (Phi) is 3.76. The van der Waals surface area contributed by atoms with Gasteiger partial charge >= 0.3 is 0 Å². The molecule has 2 rings (SSSR count). The molecule has 1 fully saturated rings. The molecule has 0 aromatic heterocycles. The van der Waals surface area contributed by atoms with Crippen LogP contribution >= 0.6 is 0 Å². The predicted octanol–water partition coefficient (Wildman–Crippen LogP) is 2.61. The summed E-state index contributed by atoms with van der Waals surface area (Å²) < 4.78 is 24.3. The zero-order valence-electron chi connectivity index (χ0n) is 11.0. The molecule has 0 unspecified atom stereocenters. The lowest BCUT2D eigenvalue weighted by molar-refractivity contribution is 0.333. The molecule has 18 heavy (non-hydrogen) atoms. The number of hydrogen-bond donors (Lipinski definition) is 1. The molecule has 1 aliphatic carbocycles. The first kappa shape index (κ1) is 13.1. The molecule has 0 aliphatic heterocycles. The van der Waals surface area contributed by atoms with Crippen LogP contribution in [0.3, 0.4) is 0 Å². The quantitative estimate of drug-likeness (QED) is 0.897. The molecule has 1 aromatic carbocycles. The molecule has 2 N–H and O–H groups in total. The molecule has 1 saturated carbocycles. The number of hydrogen-bond acceptors (Lipinski definition) is 3. The first-order valence-corrected chi connectivity index (χ1v) is 6.29. The van der Waals surface area contributed by atoms with Gasteiger partial charge in [-0.2, -0.15) is 0 Å². The molecule has 1 aromatic rings. The topological polar surface area (TPSA) is 44.5 Å². The van der Waals surface area contributed by atoms with Crippen molar-refractivity contribution in [1.29, 1.82) is 0 Å². The molecule has 0 radical (unpaired) electrons. The predicted molar refractivity (Wildman–Crippen MR) is 68.7 cm³/mol. The molecule has 0 saturated heterocycles. The highest BCUT2D eigenvalue weighted by molar-refractivity contribution is 5.51. The summed E-state index contributed by atoms with van der Waals surface area (Å²) in [5.74, 6) is 0.751. The summed E-state index contributed by atoms with van der Waals surface area (Å²) in [6.07, 6.45) is 4.21. The summed E-state index contributed by atoms with van der Waals surface area (Å²) in [6, 6.07) is 2.89. The van der Waals surface area contributed by atoms with Gasteiger partial charge in [0.05, 0.1) is 14.2 Å². The van der Waals surface area contributed by atoms with E-state index < -0.39 is 0 Å². The molecule has 4 heteroatoms. The van der Waals surface area contributed by atoms with Crippen LogP contribution in [0.2, 0.25) is 0 Å². The van der Waals surface area contributed by atoms with Crippen molar-refractivity contribution in [3.8, 4) is 11.5 Å². The molecular weight excluding hydrogens is 233 g/mol. The van der Waals surface area contributed by atoms with Crippen LogP contribution in [0, 0.1) is 5.82 Å². The summed E-state index contributed by atoms with van der Waals surface area (Å²) >= 11 is 0. The van der Waals surface area contributed by atoms with Gasteiger partial charge in [0.2, 0.25) is 0 Å². The Morgan fingerprint density at radius 2 is 1.89 bits per heavy atom. The van der Waals surface area contributed by atoms with Crippen LogP contribution in [0.1, 0.15) is 31.2 Å². The Morgan fingerprint density at radius 1 is 1.22 bits per heavy atom. The zero-order valence-corrected chi connectivity index (χ0v) is 11.0. The number of benzene rings is 1. The number of ether oxygens (including phenoxy) is 2. The molecular formula is C14H20FNO2. The van der Waals surface area contributed by atoms with Gasteiger partial charge in [0, 0.05) is 23.6 Å². The second kappa shape index (κ2) is 5.14. The van der Waals surface area contributed by atoms with E-state index in [1.165, 1.54) is 13.2 Å². The first-order chi connectivity index (χ1) is 8.66. The summed E-state index contributed by atoms with van der Waals surface area (Å²) in [5.41, 5.74) is 6.63. The van der Waals surface area contributed by atoms with Crippen LogP contribution in [0.15, 0.2) is 12.1 Å². The molecule has 0 amide bonds. The van der Waals surface area contributed by atoms with Gasteiger partial charge in [-0.05, 0) is 18.9 Å². The maximum Gasteiger partial charge on any atom is 0.164 e. The first-order valence-electron chi connectivity index (χ1n) is 6.29. The van der Waals surface area contributed by atoms with Crippen LogP contribution in [0.25, 0.3) is 0 Å². The van der Waals surface area contributed by atoms with E-state index in [4.69, 9.17) is 15.2 Å². The molecule has 100 valence electrons. The number of methoxy groups -OCH3 is 2. The van der Waals surface area contributed by atoms with Crippen LogP contribution in [-0.2, 0) is 5.41 Å². The second-order valence-corrected chi connectivity index (χ2v) is 4.88. The Morgan fingerprint density at radius 3 is 2.39 bits per heavy atom. The summed E-state index contributed by atoms with van der Waals surface area (Å²) in [6.45, 7) is 0.510. The van der Waals surface area contributed by atoms with Crippen molar-refractivity contribution in [3.63, 3.8) is 0 Å². The fourth-order valence-electron chi connectivity index (χ4n) is 2.96. The third-order valence-corrected chi connectivity index (χ3v) is 3.97. The third-order valence-electron chi connectivity index (χ3n) is 3.97. The lowest BCUT2D eigenvalue weighted by Gasteiger charge is -2.30. The highest BCUT2D eigenvalue weighted by atomic mass is 19.1. The van der Waals surface area contributed by atoms with Gasteiger partial charge in [0.1, 0.15) is 5.82 Å². The van der Waals surface area contributed by atoms with Crippen molar-refractivity contribution in [3.05, 3.63) is 23.5 Å². The van der Waals surface area contributed by atoms with Crippen molar-refractivity contribution in [2.45, 2.75) is 31.1 Å². The highest BCUT2D eigenvalue weighted by Gasteiger charge is 2.38. The number of halogens is 1. The minimum absolute atomic E-state index is 0.166. The Hall–Kier alpha value is -1.29. The number of nitrogens with two attached hydrogens (primary N) is 1. The Labute approximate surface area is 107 Å². The Balaban J connectivity index is 2.57. The van der Waals surface area contributed by atoms with Crippen LogP contribution in [-0.4, -0.2) is 20.8 Å². The van der Waals surface area contributed by atoms with E-state index >= 15 is 0 Å². The van der Waals surface area contributed by atoms with E-state index in [2.05, 4.69) is 0 Å². The normalized spacial score (nSPS) is 17.8. The SMILES string of the molecule is COc1cc(F)cc(C2(CN)CCCC2)c1OC. The maximum atomic E-state index is 13.7. The van der Waals surface area contributed by atoms with Gasteiger partial charge in [-0.3, -0.25) is 0 Å². The van der Waals surface area contributed by atoms with E-state index in [-0.39, 0.29) is 11.2 Å². The summed E-state index contributed by atoms with van der Waals surface area (Å²) in [4.78, 5) is 0. The average Bonchev–Trinajstić information content (AvgIpc) is 2.87. The van der Waals surface area contributed by atoms with Crippen LogP contribution in [0.5, 0.6) is 11.5 Å². The largest absolute Gasteiger partial charge is 0.493 e. The average molecular weight is 253 g/mol. The van der Waals surface area contributed by atoms with E-state index in [0.29, 0.717) is 18.0 Å². The molecule has 1 aliphatic rings. The molecule has 0 bridgehead atoms. The smallest absolute Gasteiger partial charge is 0.164 e. The zero-order chi connectivity index (χ0) is 13.2. The Bertz CT molecular complexity index is 428. The lowest BCUT2D eigenvalue weighted by Crippen LogP contribution is -2.32. The third kappa shape index (κ3) is 2.05. The van der Waals surface area contributed by atoms with Gasteiger partial charge in [-0.1, -0.05) is 12.8 Å². The van der Waals surface area contributed by atoms with Crippen LogP contribution in [0.4, 0.5) is 4.39 Å². The maximum absolute atomic E-state index is 13.7. The monoisotopic (exact) mass is 253 g/mol. The fourth-order valence-corrected chi connectivity index (χ4v) is 2.96. The van der Waals surface area contributed by atoms with Gasteiger partial charge in [0.15, 0.2) is 11.5 Å². The fraction of sp³-hybridized carbons (Fsp3) is 0.571. The van der Waals surface area contributed by atoms with Crippen LogP contribution < -0.4 is 15.2 Å². The number of rotatable bonds is 4. The second-order valence-electron chi connectivity index (χ2n) is 4.88. The van der Waals surface area contributed by atoms with Crippen molar-refractivity contribution >= 4 is 0 Å². The van der Waals surface area contributed by atoms with Gasteiger partial charge in [-0.25, -0.2) is 4.39 Å². The van der Waals surface area contributed by atoms with E-state index in [1.807, 2.05) is 0 Å². The molecule has 0 atom stereocenters. The molecule has 3 nitrogen and oxygen atoms in total. The highest BCUT2D eigenvalue weighted by Crippen LogP contribution is 2.47. The van der Waals surface area contributed by atoms with Crippen molar-refractivity contribution in [1.82, 2.24) is 0 Å². The van der Waals surface area contributed by atoms with Crippen molar-refractivity contribution in [2.75, 3.05) is 20.8 Å². The minimum atomic E-state index is -0.303. The van der Waals surface area contributed by atoms with Gasteiger partial charge in [-0.15, -0.1) is 0 Å². The van der Waals surface area contributed by atoms with Crippen molar-refractivity contribution < 1.29 is 13.9 Å². The van der Waals surface area contributed by atoms with Crippen molar-refractivity contribution in [2.24, 2.45) is 5.73 Å². The minimum Gasteiger partial charge on any atom is -0.493 e. The molecule has 0 spiro atoms. The van der Waals surface area contributed by atoms with E-state index in [9.17, 15) is 4.39 Å². The lowest BCUT2D eigenvalue weighted by atomic mass is 9.78.